The number of nitrogens with two attached hydrogens (primary N) is 1. The second-order valence-corrected chi connectivity index (χ2v) is 4.27. The maximum absolute atomic E-state index is 5.52. The smallest absolute Gasteiger partial charge is 0.323 e. The largest absolute Gasteiger partial charge is 0.463 e. The molecule has 1 aliphatic rings. The molecule has 0 aliphatic carbocycles. The van der Waals surface area contributed by atoms with Gasteiger partial charge in [-0.15, -0.1) is 0 Å². The third-order valence-corrected chi connectivity index (χ3v) is 2.69. The van der Waals surface area contributed by atoms with Gasteiger partial charge in [-0.05, 0) is 19.3 Å². The van der Waals surface area contributed by atoms with Gasteiger partial charge in [-0.2, -0.15) is 15.0 Å². The number of nitrogens with one attached hydrogen (secondary N) is 2. The second kappa shape index (κ2) is 7.05. The molecule has 8 nitrogen and oxygen atoms in total. The van der Waals surface area contributed by atoms with Crippen LogP contribution in [0.2, 0.25) is 0 Å². The van der Waals surface area contributed by atoms with E-state index in [4.69, 9.17) is 15.3 Å². The lowest BCUT2D eigenvalue weighted by Crippen LogP contribution is -2.21. The van der Waals surface area contributed by atoms with Gasteiger partial charge in [0.15, 0.2) is 0 Å². The first-order valence-corrected chi connectivity index (χ1v) is 6.52. The van der Waals surface area contributed by atoms with Crippen LogP contribution in [0, 0.1) is 0 Å². The maximum atomic E-state index is 5.52. The average molecular weight is 268 g/mol. The summed E-state index contributed by atoms with van der Waals surface area (Å²) in [6, 6.07) is 0.264. The Bertz CT molecular complexity index is 397. The molecule has 0 bridgehead atoms. The molecule has 1 aromatic heterocycles. The van der Waals surface area contributed by atoms with Crippen LogP contribution in [0.1, 0.15) is 26.2 Å². The number of hydrazine groups is 1. The van der Waals surface area contributed by atoms with E-state index in [1.807, 2.05) is 6.92 Å². The number of nitrogens with zero attached hydrogens (tertiary/aromatic N) is 3. The Hall–Kier alpha value is -1.67. The molecule has 8 heteroatoms. The summed E-state index contributed by atoms with van der Waals surface area (Å²) < 4.78 is 10.9. The number of hydrogen-bond donors (Lipinski definition) is 3. The Balaban J connectivity index is 1.96. The van der Waals surface area contributed by atoms with E-state index in [9.17, 15) is 0 Å². The Morgan fingerprint density at radius 3 is 2.89 bits per heavy atom. The van der Waals surface area contributed by atoms with Crippen LogP contribution >= 0.6 is 0 Å². The van der Waals surface area contributed by atoms with Gasteiger partial charge in [0.05, 0.1) is 12.7 Å². The number of aromatic nitrogens is 3. The van der Waals surface area contributed by atoms with Crippen molar-refractivity contribution < 1.29 is 9.47 Å². The summed E-state index contributed by atoms with van der Waals surface area (Å²) >= 11 is 0. The summed E-state index contributed by atoms with van der Waals surface area (Å²) in [5.74, 6) is 6.03. The summed E-state index contributed by atoms with van der Waals surface area (Å²) in [5.41, 5.74) is 2.40. The number of ether oxygens (including phenoxy) is 2. The first-order chi connectivity index (χ1) is 9.31. The van der Waals surface area contributed by atoms with Gasteiger partial charge in [0.1, 0.15) is 0 Å². The van der Waals surface area contributed by atoms with E-state index in [-0.39, 0.29) is 18.1 Å². The number of hydrogen-bond acceptors (Lipinski definition) is 8. The minimum absolute atomic E-state index is 0.214. The number of rotatable bonds is 7. The zero-order valence-electron chi connectivity index (χ0n) is 11.1. The van der Waals surface area contributed by atoms with E-state index in [0.717, 1.165) is 25.9 Å². The lowest BCUT2D eigenvalue weighted by Gasteiger charge is -2.12. The van der Waals surface area contributed by atoms with Crippen LogP contribution in [-0.2, 0) is 4.74 Å². The van der Waals surface area contributed by atoms with Crippen molar-refractivity contribution in [3.8, 4) is 6.01 Å². The highest BCUT2D eigenvalue weighted by Crippen LogP contribution is 2.14. The minimum atomic E-state index is 0.214. The van der Waals surface area contributed by atoms with Gasteiger partial charge in [0.25, 0.3) is 0 Å². The van der Waals surface area contributed by atoms with Crippen LogP contribution in [0.3, 0.4) is 0 Å². The SMILES string of the molecule is CCCOc1nc(NN)nc(NCC2CCCO2)n1. The Morgan fingerprint density at radius 2 is 2.21 bits per heavy atom. The lowest BCUT2D eigenvalue weighted by molar-refractivity contribution is 0.120. The molecule has 2 rings (SSSR count). The van der Waals surface area contributed by atoms with E-state index >= 15 is 0 Å². The molecule has 2 heterocycles. The molecule has 1 aliphatic heterocycles. The molecular formula is C11H20N6O2. The summed E-state index contributed by atoms with van der Waals surface area (Å²) in [7, 11) is 0. The van der Waals surface area contributed by atoms with E-state index in [2.05, 4.69) is 25.7 Å². The predicted molar refractivity (Wildman–Crippen MR) is 70.9 cm³/mol. The third kappa shape index (κ3) is 4.18. The van der Waals surface area contributed by atoms with Gasteiger partial charge < -0.3 is 14.8 Å². The fourth-order valence-electron chi connectivity index (χ4n) is 1.77. The quantitative estimate of drug-likeness (QED) is 0.486. The standard InChI is InChI=1S/C11H20N6O2/c1-2-5-19-11-15-9(14-10(16-11)17-12)13-7-8-4-3-6-18-8/h8H,2-7,12H2,1H3,(H2,13,14,15,16,17). The normalized spacial score (nSPS) is 18.3. The summed E-state index contributed by atoms with van der Waals surface area (Å²) in [4.78, 5) is 12.3. The molecule has 4 N–H and O–H groups in total. The number of nitrogen functional groups attached to an aromatic ring is 1. The van der Waals surface area contributed by atoms with Crippen LogP contribution in [0.25, 0.3) is 0 Å². The van der Waals surface area contributed by atoms with Crippen LogP contribution in [0.15, 0.2) is 0 Å². The van der Waals surface area contributed by atoms with Crippen molar-refractivity contribution in [2.75, 3.05) is 30.5 Å². The molecule has 0 spiro atoms. The summed E-state index contributed by atoms with van der Waals surface area (Å²) in [6.07, 6.45) is 3.25. The highest BCUT2D eigenvalue weighted by Gasteiger charge is 2.16. The molecular weight excluding hydrogens is 248 g/mol. The fraction of sp³-hybridized carbons (Fsp3) is 0.727. The molecule has 0 amide bonds. The van der Waals surface area contributed by atoms with Crippen molar-refractivity contribution in [2.45, 2.75) is 32.3 Å². The van der Waals surface area contributed by atoms with Gasteiger partial charge in [-0.1, -0.05) is 6.92 Å². The fourth-order valence-corrected chi connectivity index (χ4v) is 1.77. The second-order valence-electron chi connectivity index (χ2n) is 4.27. The highest BCUT2D eigenvalue weighted by molar-refractivity contribution is 5.34. The Labute approximate surface area is 112 Å². The van der Waals surface area contributed by atoms with Crippen molar-refractivity contribution in [3.63, 3.8) is 0 Å². The molecule has 0 aromatic carbocycles. The molecule has 0 saturated carbocycles. The van der Waals surface area contributed by atoms with Crippen molar-refractivity contribution in [3.05, 3.63) is 0 Å². The average Bonchev–Trinajstić information content (AvgIpc) is 2.96. The lowest BCUT2D eigenvalue weighted by atomic mass is 10.2. The Kier molecular flexibility index (Phi) is 5.10. The van der Waals surface area contributed by atoms with Crippen LogP contribution in [0.5, 0.6) is 6.01 Å². The zero-order valence-corrected chi connectivity index (χ0v) is 11.1. The third-order valence-electron chi connectivity index (χ3n) is 2.69. The highest BCUT2D eigenvalue weighted by atomic mass is 16.5. The van der Waals surface area contributed by atoms with Gasteiger partial charge in [0.2, 0.25) is 11.9 Å². The molecule has 1 fully saturated rings. The van der Waals surface area contributed by atoms with Crippen LogP contribution in [-0.4, -0.2) is 40.8 Å². The summed E-state index contributed by atoms with van der Waals surface area (Å²) in [5, 5.41) is 3.12. The molecule has 106 valence electrons. The van der Waals surface area contributed by atoms with Crippen molar-refractivity contribution in [1.82, 2.24) is 15.0 Å². The minimum Gasteiger partial charge on any atom is -0.463 e. The van der Waals surface area contributed by atoms with E-state index < -0.39 is 0 Å². The Morgan fingerprint density at radius 1 is 1.37 bits per heavy atom. The van der Waals surface area contributed by atoms with Gasteiger partial charge in [0, 0.05) is 13.2 Å². The van der Waals surface area contributed by atoms with Gasteiger partial charge in [-0.3, -0.25) is 5.43 Å². The predicted octanol–water partition coefficient (Wildman–Crippen LogP) is 0.537. The maximum Gasteiger partial charge on any atom is 0.323 e. The van der Waals surface area contributed by atoms with E-state index in [1.54, 1.807) is 0 Å². The monoisotopic (exact) mass is 268 g/mol. The van der Waals surface area contributed by atoms with Crippen molar-refractivity contribution in [2.24, 2.45) is 5.84 Å². The summed E-state index contributed by atoms with van der Waals surface area (Å²) in [6.45, 7) is 4.06. The first-order valence-electron chi connectivity index (χ1n) is 6.52. The van der Waals surface area contributed by atoms with E-state index in [1.165, 1.54) is 0 Å². The number of anilines is 2. The topological polar surface area (TPSA) is 107 Å². The molecule has 1 atom stereocenters. The van der Waals surface area contributed by atoms with Crippen LogP contribution < -0.4 is 21.3 Å². The molecule has 1 saturated heterocycles. The van der Waals surface area contributed by atoms with Gasteiger partial charge >= 0.3 is 6.01 Å². The molecule has 1 aromatic rings. The van der Waals surface area contributed by atoms with Crippen LogP contribution in [0.4, 0.5) is 11.9 Å². The molecule has 19 heavy (non-hydrogen) atoms. The van der Waals surface area contributed by atoms with Crippen molar-refractivity contribution >= 4 is 11.9 Å². The van der Waals surface area contributed by atoms with Gasteiger partial charge in [-0.25, -0.2) is 5.84 Å². The van der Waals surface area contributed by atoms with Crippen molar-refractivity contribution in [1.29, 1.82) is 0 Å². The first kappa shape index (κ1) is 13.8. The van der Waals surface area contributed by atoms with E-state index in [0.29, 0.717) is 19.1 Å². The zero-order chi connectivity index (χ0) is 13.5. The molecule has 0 radical (unpaired) electrons. The molecule has 1 unspecified atom stereocenters.